The highest BCUT2D eigenvalue weighted by Crippen LogP contribution is 2.22. The molecule has 1 aromatic heterocycles. The molecule has 4 nitrogen and oxygen atoms in total. The van der Waals surface area contributed by atoms with E-state index in [1.807, 2.05) is 6.07 Å². The summed E-state index contributed by atoms with van der Waals surface area (Å²) in [6.45, 7) is 2.05. The van der Waals surface area contributed by atoms with Crippen LogP contribution in [0.15, 0.2) is 24.3 Å². The van der Waals surface area contributed by atoms with Gasteiger partial charge in [-0.25, -0.2) is 9.37 Å². The second kappa shape index (κ2) is 5.48. The van der Waals surface area contributed by atoms with Gasteiger partial charge in [-0.2, -0.15) is 5.10 Å². The van der Waals surface area contributed by atoms with Gasteiger partial charge in [0.25, 0.3) is 0 Å². The SMILES string of the molecule is Fc1cccc(Cc2nc(C3CCNCC3)n[nH]2)c1. The van der Waals surface area contributed by atoms with Crippen LogP contribution < -0.4 is 5.32 Å². The summed E-state index contributed by atoms with van der Waals surface area (Å²) in [5.74, 6) is 1.93. The molecule has 0 saturated carbocycles. The van der Waals surface area contributed by atoms with Crippen LogP contribution in [0, 0.1) is 5.82 Å². The Morgan fingerprint density at radius 2 is 2.11 bits per heavy atom. The maximum atomic E-state index is 13.1. The molecule has 2 N–H and O–H groups in total. The summed E-state index contributed by atoms with van der Waals surface area (Å²) in [5, 5.41) is 10.6. The van der Waals surface area contributed by atoms with E-state index in [1.54, 1.807) is 6.07 Å². The van der Waals surface area contributed by atoms with Crippen LogP contribution in [0.4, 0.5) is 4.39 Å². The molecule has 1 aliphatic rings. The number of piperidine rings is 1. The van der Waals surface area contributed by atoms with Crippen LogP contribution >= 0.6 is 0 Å². The Morgan fingerprint density at radius 3 is 2.89 bits per heavy atom. The summed E-state index contributed by atoms with van der Waals surface area (Å²) in [7, 11) is 0. The van der Waals surface area contributed by atoms with Crippen LogP contribution in [0.25, 0.3) is 0 Å². The zero-order valence-corrected chi connectivity index (χ0v) is 10.7. The van der Waals surface area contributed by atoms with Crippen LogP contribution in [0.5, 0.6) is 0 Å². The predicted octanol–water partition coefficient (Wildman–Crippen LogP) is 2.00. The van der Waals surface area contributed by atoms with Gasteiger partial charge >= 0.3 is 0 Å². The van der Waals surface area contributed by atoms with Crippen molar-refractivity contribution in [1.82, 2.24) is 20.5 Å². The highest BCUT2D eigenvalue weighted by molar-refractivity contribution is 5.20. The minimum absolute atomic E-state index is 0.212. The fourth-order valence-electron chi connectivity index (χ4n) is 2.49. The first-order chi connectivity index (χ1) is 9.31. The van der Waals surface area contributed by atoms with E-state index in [9.17, 15) is 4.39 Å². The number of hydrogen-bond donors (Lipinski definition) is 2. The Kier molecular flexibility index (Phi) is 3.55. The van der Waals surface area contributed by atoms with Crippen molar-refractivity contribution in [1.29, 1.82) is 0 Å². The van der Waals surface area contributed by atoms with Crippen molar-refractivity contribution in [3.63, 3.8) is 0 Å². The molecule has 0 spiro atoms. The third kappa shape index (κ3) is 2.98. The average Bonchev–Trinajstić information content (AvgIpc) is 2.88. The number of nitrogens with zero attached hydrogens (tertiary/aromatic N) is 2. The number of benzene rings is 1. The van der Waals surface area contributed by atoms with Crippen LogP contribution in [-0.4, -0.2) is 28.3 Å². The van der Waals surface area contributed by atoms with Crippen molar-refractivity contribution in [2.75, 3.05) is 13.1 Å². The number of nitrogens with one attached hydrogen (secondary N) is 2. The van der Waals surface area contributed by atoms with Gasteiger partial charge in [0.05, 0.1) is 0 Å². The van der Waals surface area contributed by atoms with Crippen molar-refractivity contribution >= 4 is 0 Å². The third-order valence-corrected chi connectivity index (χ3v) is 3.51. The van der Waals surface area contributed by atoms with E-state index in [-0.39, 0.29) is 5.82 Å². The Bertz CT molecular complexity index is 546. The van der Waals surface area contributed by atoms with Gasteiger partial charge in [-0.15, -0.1) is 0 Å². The topological polar surface area (TPSA) is 53.6 Å². The minimum atomic E-state index is -0.212. The zero-order valence-electron chi connectivity index (χ0n) is 10.7. The zero-order chi connectivity index (χ0) is 13.1. The van der Waals surface area contributed by atoms with Crippen molar-refractivity contribution in [3.8, 4) is 0 Å². The molecule has 2 aromatic rings. The lowest BCUT2D eigenvalue weighted by Crippen LogP contribution is -2.27. The molecule has 1 fully saturated rings. The maximum absolute atomic E-state index is 13.1. The van der Waals surface area contributed by atoms with Gasteiger partial charge < -0.3 is 5.32 Å². The molecular weight excluding hydrogens is 243 g/mol. The highest BCUT2D eigenvalue weighted by atomic mass is 19.1. The summed E-state index contributed by atoms with van der Waals surface area (Å²) in [6, 6.07) is 6.60. The van der Waals surface area contributed by atoms with Gasteiger partial charge in [-0.1, -0.05) is 12.1 Å². The quantitative estimate of drug-likeness (QED) is 0.887. The van der Waals surface area contributed by atoms with Crippen molar-refractivity contribution < 1.29 is 4.39 Å². The van der Waals surface area contributed by atoms with Gasteiger partial charge in [0.1, 0.15) is 11.6 Å². The van der Waals surface area contributed by atoms with E-state index in [4.69, 9.17) is 0 Å². The molecule has 0 aliphatic carbocycles. The summed E-state index contributed by atoms with van der Waals surface area (Å²) in [5.41, 5.74) is 0.910. The van der Waals surface area contributed by atoms with Gasteiger partial charge in [0.2, 0.25) is 0 Å². The molecule has 0 radical (unpaired) electrons. The lowest BCUT2D eigenvalue weighted by molar-refractivity contribution is 0.446. The molecule has 0 amide bonds. The fourth-order valence-corrected chi connectivity index (χ4v) is 2.49. The Hall–Kier alpha value is -1.75. The van der Waals surface area contributed by atoms with E-state index >= 15 is 0 Å². The molecule has 0 unspecified atom stereocenters. The van der Waals surface area contributed by atoms with Gasteiger partial charge in [-0.05, 0) is 43.6 Å². The lowest BCUT2D eigenvalue weighted by Gasteiger charge is -2.19. The molecule has 5 heteroatoms. The van der Waals surface area contributed by atoms with E-state index in [0.717, 1.165) is 43.1 Å². The maximum Gasteiger partial charge on any atom is 0.153 e. The second-order valence-corrected chi connectivity index (χ2v) is 4.97. The van der Waals surface area contributed by atoms with E-state index in [1.165, 1.54) is 12.1 Å². The molecule has 1 saturated heterocycles. The van der Waals surface area contributed by atoms with Gasteiger partial charge in [0.15, 0.2) is 5.82 Å². The normalized spacial score (nSPS) is 16.7. The van der Waals surface area contributed by atoms with Crippen LogP contribution in [-0.2, 0) is 6.42 Å². The summed E-state index contributed by atoms with van der Waals surface area (Å²) < 4.78 is 13.1. The molecule has 0 atom stereocenters. The molecule has 1 aromatic carbocycles. The van der Waals surface area contributed by atoms with Crippen LogP contribution in [0.2, 0.25) is 0 Å². The van der Waals surface area contributed by atoms with Crippen LogP contribution in [0.1, 0.15) is 36.0 Å². The van der Waals surface area contributed by atoms with Crippen molar-refractivity contribution in [2.24, 2.45) is 0 Å². The number of aromatic amines is 1. The smallest absolute Gasteiger partial charge is 0.153 e. The van der Waals surface area contributed by atoms with Gasteiger partial charge in [-0.3, -0.25) is 5.10 Å². The van der Waals surface area contributed by atoms with Gasteiger partial charge in [0, 0.05) is 12.3 Å². The monoisotopic (exact) mass is 260 g/mol. The first-order valence-corrected chi connectivity index (χ1v) is 6.67. The summed E-state index contributed by atoms with van der Waals surface area (Å²) in [4.78, 5) is 4.54. The minimum Gasteiger partial charge on any atom is -0.317 e. The first-order valence-electron chi connectivity index (χ1n) is 6.67. The molecule has 3 rings (SSSR count). The summed E-state index contributed by atoms with van der Waals surface area (Å²) >= 11 is 0. The van der Waals surface area contributed by atoms with Crippen molar-refractivity contribution in [2.45, 2.75) is 25.2 Å². The molecule has 2 heterocycles. The van der Waals surface area contributed by atoms with Crippen molar-refractivity contribution in [3.05, 3.63) is 47.3 Å². The summed E-state index contributed by atoms with van der Waals surface area (Å²) in [6.07, 6.45) is 2.75. The molecule has 0 bridgehead atoms. The molecule has 1 aliphatic heterocycles. The number of aromatic nitrogens is 3. The van der Waals surface area contributed by atoms with Crippen LogP contribution in [0.3, 0.4) is 0 Å². The first kappa shape index (κ1) is 12.3. The standard InChI is InChI=1S/C14H17FN4/c15-12-3-1-2-10(8-12)9-13-17-14(19-18-13)11-4-6-16-7-5-11/h1-3,8,11,16H,4-7,9H2,(H,17,18,19). The Morgan fingerprint density at radius 1 is 1.26 bits per heavy atom. The Labute approximate surface area is 111 Å². The number of hydrogen-bond acceptors (Lipinski definition) is 3. The largest absolute Gasteiger partial charge is 0.317 e. The van der Waals surface area contributed by atoms with E-state index < -0.39 is 0 Å². The Balaban J connectivity index is 1.70. The molecule has 100 valence electrons. The second-order valence-electron chi connectivity index (χ2n) is 4.97. The van der Waals surface area contributed by atoms with E-state index in [0.29, 0.717) is 12.3 Å². The van der Waals surface area contributed by atoms with E-state index in [2.05, 4.69) is 20.5 Å². The highest BCUT2D eigenvalue weighted by Gasteiger charge is 2.19. The lowest BCUT2D eigenvalue weighted by atomic mass is 9.98. The third-order valence-electron chi connectivity index (χ3n) is 3.51. The molecular formula is C14H17FN4. The fraction of sp³-hybridized carbons (Fsp3) is 0.429. The molecule has 19 heavy (non-hydrogen) atoms. The average molecular weight is 260 g/mol. The number of rotatable bonds is 3. The number of halogens is 1. The predicted molar refractivity (Wildman–Crippen MR) is 70.4 cm³/mol. The number of H-pyrrole nitrogens is 1.